The summed E-state index contributed by atoms with van der Waals surface area (Å²) in [5.41, 5.74) is 0.412. The Morgan fingerprint density at radius 3 is 2.33 bits per heavy atom. The lowest BCUT2D eigenvalue weighted by molar-refractivity contribution is -0.143. The molecule has 0 bridgehead atoms. The number of carbonyl (C=O) groups excluding carboxylic acids is 3. The summed E-state index contributed by atoms with van der Waals surface area (Å²) in [6.45, 7) is 3.10. The van der Waals surface area contributed by atoms with Crippen LogP contribution in [0.1, 0.15) is 24.0 Å². The van der Waals surface area contributed by atoms with E-state index in [0.717, 1.165) is 24.2 Å². The van der Waals surface area contributed by atoms with Crippen molar-refractivity contribution >= 4 is 17.7 Å². The van der Waals surface area contributed by atoms with Crippen LogP contribution in [-0.2, 0) is 26.3 Å². The largest absolute Gasteiger partial charge is 0.340 e. The molecule has 30 heavy (non-hydrogen) atoms. The summed E-state index contributed by atoms with van der Waals surface area (Å²) in [6.07, 6.45) is 3.31. The molecule has 0 radical (unpaired) electrons. The molecule has 2 saturated heterocycles. The van der Waals surface area contributed by atoms with Crippen molar-refractivity contribution in [3.05, 3.63) is 66.0 Å². The summed E-state index contributed by atoms with van der Waals surface area (Å²) in [6, 6.07) is 12.8. The molecule has 2 aromatic rings. The number of hydrogen-bond donors (Lipinski definition) is 0. The monoisotopic (exact) mass is 406 g/mol. The molecule has 7 heteroatoms. The predicted octanol–water partition coefficient (Wildman–Crippen LogP) is 1.44. The van der Waals surface area contributed by atoms with E-state index in [-0.39, 0.29) is 37.1 Å². The van der Waals surface area contributed by atoms with E-state index in [1.54, 1.807) is 24.5 Å². The van der Waals surface area contributed by atoms with Crippen molar-refractivity contribution in [1.29, 1.82) is 0 Å². The van der Waals surface area contributed by atoms with Gasteiger partial charge in [-0.05, 0) is 30.3 Å². The summed E-state index contributed by atoms with van der Waals surface area (Å²) >= 11 is 0. The van der Waals surface area contributed by atoms with Crippen molar-refractivity contribution in [1.82, 2.24) is 19.7 Å². The molecule has 4 rings (SSSR count). The second-order valence-electron chi connectivity index (χ2n) is 8.13. The zero-order valence-electron chi connectivity index (χ0n) is 17.2. The van der Waals surface area contributed by atoms with E-state index in [2.05, 4.69) is 9.88 Å². The van der Waals surface area contributed by atoms with Crippen molar-refractivity contribution < 1.29 is 14.4 Å². The number of amides is 3. The second-order valence-corrected chi connectivity index (χ2v) is 8.13. The number of imide groups is 1. The van der Waals surface area contributed by atoms with Gasteiger partial charge in [-0.1, -0.05) is 30.3 Å². The summed E-state index contributed by atoms with van der Waals surface area (Å²) in [5, 5.41) is 0. The van der Waals surface area contributed by atoms with E-state index >= 15 is 0 Å². The van der Waals surface area contributed by atoms with Gasteiger partial charge in [-0.2, -0.15) is 0 Å². The fraction of sp³-hybridized carbons (Fsp3) is 0.391. The number of likely N-dealkylation sites (tertiary alicyclic amines) is 1. The molecule has 7 nitrogen and oxygen atoms in total. The molecule has 0 saturated carbocycles. The number of piperazine rings is 1. The van der Waals surface area contributed by atoms with Gasteiger partial charge in [0.15, 0.2) is 0 Å². The molecular weight excluding hydrogens is 380 g/mol. The predicted molar refractivity (Wildman–Crippen MR) is 111 cm³/mol. The van der Waals surface area contributed by atoms with Crippen molar-refractivity contribution in [3.8, 4) is 0 Å². The molecular formula is C23H26N4O3. The highest BCUT2D eigenvalue weighted by molar-refractivity contribution is 6.10. The smallest absolute Gasteiger partial charge is 0.241 e. The van der Waals surface area contributed by atoms with Crippen LogP contribution in [0, 0.1) is 0 Å². The molecule has 1 aromatic heterocycles. The number of aromatic nitrogens is 1. The molecule has 1 unspecified atom stereocenters. The molecule has 1 aromatic carbocycles. The van der Waals surface area contributed by atoms with E-state index < -0.39 is 5.41 Å². The Hall–Kier alpha value is -3.06. The minimum atomic E-state index is -1.15. The van der Waals surface area contributed by atoms with Gasteiger partial charge in [-0.15, -0.1) is 0 Å². The third-order valence-electron chi connectivity index (χ3n) is 6.13. The van der Waals surface area contributed by atoms with E-state index in [1.807, 2.05) is 42.3 Å². The van der Waals surface area contributed by atoms with Gasteiger partial charge < -0.3 is 9.80 Å². The SMILES string of the molecule is CN1CCN(C(=O)CC2(c3ccccc3)CC(=O)N(Cc3ccncc3)C2=O)CC1. The molecule has 2 fully saturated rings. The maximum absolute atomic E-state index is 13.6. The topological polar surface area (TPSA) is 73.8 Å². The van der Waals surface area contributed by atoms with Gasteiger partial charge in [-0.25, -0.2) is 0 Å². The van der Waals surface area contributed by atoms with E-state index in [4.69, 9.17) is 0 Å². The van der Waals surface area contributed by atoms with Gasteiger partial charge in [0.2, 0.25) is 17.7 Å². The Morgan fingerprint density at radius 1 is 1.00 bits per heavy atom. The fourth-order valence-corrected chi connectivity index (χ4v) is 4.28. The van der Waals surface area contributed by atoms with Crippen LogP contribution in [0.5, 0.6) is 0 Å². The third kappa shape index (κ3) is 3.85. The quantitative estimate of drug-likeness (QED) is 0.703. The van der Waals surface area contributed by atoms with E-state index in [0.29, 0.717) is 13.1 Å². The highest BCUT2D eigenvalue weighted by Gasteiger charge is 2.54. The molecule has 2 aliphatic rings. The van der Waals surface area contributed by atoms with Crippen molar-refractivity contribution in [2.24, 2.45) is 0 Å². The summed E-state index contributed by atoms with van der Waals surface area (Å²) in [5.74, 6) is -0.608. The number of benzene rings is 1. The second kappa shape index (κ2) is 8.36. The van der Waals surface area contributed by atoms with Crippen LogP contribution in [0.3, 0.4) is 0 Å². The Morgan fingerprint density at radius 2 is 1.67 bits per heavy atom. The van der Waals surface area contributed by atoms with Crippen LogP contribution < -0.4 is 0 Å². The van der Waals surface area contributed by atoms with Gasteiger partial charge in [0, 0.05) is 51.4 Å². The van der Waals surface area contributed by atoms with E-state index in [9.17, 15) is 14.4 Å². The van der Waals surface area contributed by atoms with Crippen molar-refractivity contribution in [2.75, 3.05) is 33.2 Å². The zero-order chi connectivity index (χ0) is 21.1. The Balaban J connectivity index is 1.62. The highest BCUT2D eigenvalue weighted by Crippen LogP contribution is 2.41. The molecule has 3 heterocycles. The van der Waals surface area contributed by atoms with Crippen LogP contribution in [0.2, 0.25) is 0 Å². The lowest BCUT2D eigenvalue weighted by atomic mass is 9.75. The minimum Gasteiger partial charge on any atom is -0.340 e. The molecule has 156 valence electrons. The molecule has 1 atom stereocenters. The van der Waals surface area contributed by atoms with Crippen LogP contribution in [-0.4, -0.2) is 70.6 Å². The van der Waals surface area contributed by atoms with Gasteiger partial charge in [0.05, 0.1) is 12.0 Å². The lowest BCUT2D eigenvalue weighted by Crippen LogP contribution is -2.49. The van der Waals surface area contributed by atoms with Crippen LogP contribution >= 0.6 is 0 Å². The van der Waals surface area contributed by atoms with Crippen LogP contribution in [0.25, 0.3) is 0 Å². The van der Waals surface area contributed by atoms with Gasteiger partial charge in [-0.3, -0.25) is 24.3 Å². The maximum atomic E-state index is 13.6. The number of likely N-dealkylation sites (N-methyl/N-ethyl adjacent to an activating group) is 1. The van der Waals surface area contributed by atoms with Gasteiger partial charge in [0.1, 0.15) is 0 Å². The standard InChI is InChI=1S/C23H26N4O3/c1-25-11-13-26(14-12-25)20(28)15-23(19-5-3-2-4-6-19)16-21(29)27(22(23)30)17-18-7-9-24-10-8-18/h2-10H,11-17H2,1H3. The molecule has 3 amide bonds. The first-order valence-electron chi connectivity index (χ1n) is 10.3. The Labute approximate surface area is 176 Å². The number of hydrogen-bond acceptors (Lipinski definition) is 5. The zero-order valence-corrected chi connectivity index (χ0v) is 17.2. The molecule has 2 aliphatic heterocycles. The number of pyridine rings is 1. The average molecular weight is 406 g/mol. The first-order chi connectivity index (χ1) is 14.5. The number of nitrogens with zero attached hydrogens (tertiary/aromatic N) is 4. The maximum Gasteiger partial charge on any atom is 0.241 e. The van der Waals surface area contributed by atoms with Crippen molar-refractivity contribution in [3.63, 3.8) is 0 Å². The fourth-order valence-electron chi connectivity index (χ4n) is 4.28. The number of rotatable bonds is 5. The summed E-state index contributed by atoms with van der Waals surface area (Å²) in [7, 11) is 2.03. The lowest BCUT2D eigenvalue weighted by Gasteiger charge is -2.35. The number of carbonyl (C=O) groups is 3. The average Bonchev–Trinajstić information content (AvgIpc) is 3.00. The summed E-state index contributed by atoms with van der Waals surface area (Å²) in [4.78, 5) is 49.0. The van der Waals surface area contributed by atoms with Crippen molar-refractivity contribution in [2.45, 2.75) is 24.8 Å². The summed E-state index contributed by atoms with van der Waals surface area (Å²) < 4.78 is 0. The van der Waals surface area contributed by atoms with E-state index in [1.165, 1.54) is 4.90 Å². The van der Waals surface area contributed by atoms with Gasteiger partial charge >= 0.3 is 0 Å². The molecule has 0 aliphatic carbocycles. The first-order valence-corrected chi connectivity index (χ1v) is 10.3. The molecule has 0 N–H and O–H groups in total. The highest BCUT2D eigenvalue weighted by atomic mass is 16.2. The molecule has 0 spiro atoms. The minimum absolute atomic E-state index is 0.0120. The third-order valence-corrected chi connectivity index (χ3v) is 6.13. The first kappa shape index (κ1) is 20.2. The van der Waals surface area contributed by atoms with Crippen LogP contribution in [0.4, 0.5) is 0 Å². The Kier molecular flexibility index (Phi) is 5.63. The Bertz CT molecular complexity index is 926. The van der Waals surface area contributed by atoms with Crippen LogP contribution in [0.15, 0.2) is 54.9 Å². The normalized spacial score (nSPS) is 22.6. The van der Waals surface area contributed by atoms with Gasteiger partial charge in [0.25, 0.3) is 0 Å².